The molecule has 0 atom stereocenters. The summed E-state index contributed by atoms with van der Waals surface area (Å²) in [6.45, 7) is 1.98. The number of carboxylic acid groups (broad SMARTS) is 1. The lowest BCUT2D eigenvalue weighted by Gasteiger charge is -2.09. The zero-order chi connectivity index (χ0) is 16.4. The van der Waals surface area contributed by atoms with E-state index >= 15 is 0 Å². The number of H-pyrrole nitrogens is 1. The van der Waals surface area contributed by atoms with Crippen molar-refractivity contribution in [2.45, 2.75) is 6.92 Å². The van der Waals surface area contributed by atoms with E-state index in [1.165, 1.54) is 0 Å². The van der Waals surface area contributed by atoms with Crippen LogP contribution >= 0.6 is 0 Å². The summed E-state index contributed by atoms with van der Waals surface area (Å²) in [5.41, 5.74) is 2.81. The van der Waals surface area contributed by atoms with Crippen LogP contribution in [0.15, 0.2) is 65.5 Å². The maximum Gasteiger partial charge on any atom is 0.341 e. The zero-order valence-electron chi connectivity index (χ0n) is 12.5. The van der Waals surface area contributed by atoms with E-state index in [0.717, 1.165) is 11.1 Å². The lowest BCUT2D eigenvalue weighted by atomic mass is 9.98. The Labute approximate surface area is 133 Å². The highest BCUT2D eigenvalue weighted by atomic mass is 16.4. The van der Waals surface area contributed by atoms with Crippen molar-refractivity contribution in [1.82, 2.24) is 4.98 Å². The van der Waals surface area contributed by atoms with E-state index < -0.39 is 11.5 Å². The van der Waals surface area contributed by atoms with Crippen LogP contribution in [0.25, 0.3) is 22.4 Å². The van der Waals surface area contributed by atoms with Gasteiger partial charge < -0.3 is 10.1 Å². The van der Waals surface area contributed by atoms with Crippen LogP contribution in [0.3, 0.4) is 0 Å². The number of aryl methyl sites for hydroxylation is 1. The monoisotopic (exact) mass is 305 g/mol. The molecule has 1 heterocycles. The van der Waals surface area contributed by atoms with Gasteiger partial charge >= 0.3 is 5.97 Å². The predicted molar refractivity (Wildman–Crippen MR) is 89.6 cm³/mol. The molecular weight excluding hydrogens is 290 g/mol. The predicted octanol–water partition coefficient (Wildman–Crippen LogP) is 3.72. The molecule has 4 heteroatoms. The van der Waals surface area contributed by atoms with Crippen molar-refractivity contribution in [2.75, 3.05) is 0 Å². The van der Waals surface area contributed by atoms with Crippen LogP contribution in [-0.2, 0) is 0 Å². The molecule has 0 aliphatic heterocycles. The number of hydrogen-bond acceptors (Lipinski definition) is 2. The van der Waals surface area contributed by atoms with Crippen molar-refractivity contribution >= 4 is 5.97 Å². The summed E-state index contributed by atoms with van der Waals surface area (Å²) in [5, 5.41) is 9.39. The molecule has 114 valence electrons. The van der Waals surface area contributed by atoms with Gasteiger partial charge in [0.2, 0.25) is 0 Å². The minimum atomic E-state index is -1.24. The summed E-state index contributed by atoms with van der Waals surface area (Å²) in [6.07, 6.45) is 0. The molecule has 3 rings (SSSR count). The van der Waals surface area contributed by atoms with Crippen molar-refractivity contribution in [3.05, 3.63) is 82.1 Å². The molecule has 1 aromatic heterocycles. The van der Waals surface area contributed by atoms with Crippen molar-refractivity contribution in [2.24, 2.45) is 0 Å². The fraction of sp³-hybridized carbons (Fsp3) is 0.0526. The Morgan fingerprint density at radius 3 is 2.22 bits per heavy atom. The number of aromatic carboxylic acids is 1. The maximum absolute atomic E-state index is 12.3. The average molecular weight is 305 g/mol. The molecule has 0 saturated heterocycles. The van der Waals surface area contributed by atoms with E-state index in [9.17, 15) is 14.7 Å². The lowest BCUT2D eigenvalue weighted by molar-refractivity contribution is 0.0696. The highest BCUT2D eigenvalue weighted by Crippen LogP contribution is 2.26. The SMILES string of the molecule is Cc1ccc(-c2cc(-c3ccccc3)c(C(=O)O)c(=O)[nH]2)cc1. The van der Waals surface area contributed by atoms with Gasteiger partial charge in [0, 0.05) is 11.3 Å². The second-order valence-corrected chi connectivity index (χ2v) is 5.34. The fourth-order valence-corrected chi connectivity index (χ4v) is 2.51. The quantitative estimate of drug-likeness (QED) is 0.775. The van der Waals surface area contributed by atoms with Crippen LogP contribution in [0.2, 0.25) is 0 Å². The number of hydrogen-bond donors (Lipinski definition) is 2. The summed E-state index contributed by atoms with van der Waals surface area (Å²) in [5.74, 6) is -1.24. The molecule has 0 spiro atoms. The minimum absolute atomic E-state index is 0.243. The first kappa shape index (κ1) is 14.8. The molecule has 0 aliphatic rings. The number of carboxylic acids is 1. The number of benzene rings is 2. The first-order valence-corrected chi connectivity index (χ1v) is 7.19. The van der Waals surface area contributed by atoms with Crippen LogP contribution in [0, 0.1) is 6.92 Å². The molecule has 4 nitrogen and oxygen atoms in total. The van der Waals surface area contributed by atoms with Crippen LogP contribution in [-0.4, -0.2) is 16.1 Å². The summed E-state index contributed by atoms with van der Waals surface area (Å²) in [7, 11) is 0. The van der Waals surface area contributed by atoms with Crippen molar-refractivity contribution < 1.29 is 9.90 Å². The molecular formula is C19H15NO3. The molecule has 0 aliphatic carbocycles. The second kappa shape index (κ2) is 5.93. The normalized spacial score (nSPS) is 10.5. The van der Waals surface area contributed by atoms with Gasteiger partial charge in [-0.1, -0.05) is 60.2 Å². The Hall–Kier alpha value is -3.14. The summed E-state index contributed by atoms with van der Waals surface area (Å²) in [4.78, 5) is 26.4. The molecule has 0 amide bonds. The molecule has 3 aromatic rings. The third-order valence-electron chi connectivity index (χ3n) is 3.69. The highest BCUT2D eigenvalue weighted by molar-refractivity contribution is 5.96. The number of rotatable bonds is 3. The van der Waals surface area contributed by atoms with E-state index in [0.29, 0.717) is 16.8 Å². The Kier molecular flexibility index (Phi) is 3.81. The average Bonchev–Trinajstić information content (AvgIpc) is 2.55. The Morgan fingerprint density at radius 2 is 1.61 bits per heavy atom. The lowest BCUT2D eigenvalue weighted by Crippen LogP contribution is -2.19. The Balaban J connectivity index is 2.26. The first-order valence-electron chi connectivity index (χ1n) is 7.19. The zero-order valence-corrected chi connectivity index (χ0v) is 12.5. The van der Waals surface area contributed by atoms with Crippen LogP contribution < -0.4 is 5.56 Å². The molecule has 0 unspecified atom stereocenters. The molecule has 0 bridgehead atoms. The number of carbonyl (C=O) groups is 1. The van der Waals surface area contributed by atoms with Gasteiger partial charge in [-0.05, 0) is 24.1 Å². The highest BCUT2D eigenvalue weighted by Gasteiger charge is 2.18. The summed E-state index contributed by atoms with van der Waals surface area (Å²) in [6, 6.07) is 18.5. The third kappa shape index (κ3) is 2.92. The fourth-order valence-electron chi connectivity index (χ4n) is 2.51. The molecule has 2 N–H and O–H groups in total. The van der Waals surface area contributed by atoms with Gasteiger partial charge in [0.25, 0.3) is 5.56 Å². The van der Waals surface area contributed by atoms with E-state index in [1.807, 2.05) is 49.4 Å². The van der Waals surface area contributed by atoms with Crippen LogP contribution in [0.1, 0.15) is 15.9 Å². The Bertz CT molecular complexity index is 910. The smallest absolute Gasteiger partial charge is 0.341 e. The molecule has 0 radical (unpaired) electrons. The van der Waals surface area contributed by atoms with E-state index in [-0.39, 0.29) is 5.56 Å². The van der Waals surface area contributed by atoms with Crippen molar-refractivity contribution in [1.29, 1.82) is 0 Å². The van der Waals surface area contributed by atoms with Crippen molar-refractivity contribution in [3.63, 3.8) is 0 Å². The molecule has 0 saturated carbocycles. The van der Waals surface area contributed by atoms with Gasteiger partial charge in [0.15, 0.2) is 0 Å². The standard InChI is InChI=1S/C19H15NO3/c1-12-7-9-14(10-8-12)16-11-15(13-5-3-2-4-6-13)17(19(22)23)18(21)20-16/h2-11H,1H3,(H,20,21)(H,22,23). The Morgan fingerprint density at radius 1 is 0.957 bits per heavy atom. The second-order valence-electron chi connectivity index (χ2n) is 5.34. The molecule has 23 heavy (non-hydrogen) atoms. The topological polar surface area (TPSA) is 70.2 Å². The number of aromatic amines is 1. The first-order chi connectivity index (χ1) is 11.1. The summed E-state index contributed by atoms with van der Waals surface area (Å²) >= 11 is 0. The van der Waals surface area contributed by atoms with Crippen LogP contribution in [0.5, 0.6) is 0 Å². The van der Waals surface area contributed by atoms with E-state index in [4.69, 9.17) is 0 Å². The molecule has 0 fully saturated rings. The van der Waals surface area contributed by atoms with Crippen LogP contribution in [0.4, 0.5) is 0 Å². The number of nitrogens with one attached hydrogen (secondary N) is 1. The third-order valence-corrected chi connectivity index (χ3v) is 3.69. The van der Waals surface area contributed by atoms with Gasteiger partial charge in [0.05, 0.1) is 0 Å². The van der Waals surface area contributed by atoms with Gasteiger partial charge in [-0.25, -0.2) is 4.79 Å². The maximum atomic E-state index is 12.3. The minimum Gasteiger partial charge on any atom is -0.477 e. The van der Waals surface area contributed by atoms with Gasteiger partial charge in [-0.2, -0.15) is 0 Å². The van der Waals surface area contributed by atoms with Gasteiger partial charge in [0.1, 0.15) is 5.56 Å². The van der Waals surface area contributed by atoms with Gasteiger partial charge in [-0.3, -0.25) is 4.79 Å². The van der Waals surface area contributed by atoms with E-state index in [1.54, 1.807) is 18.2 Å². The number of aromatic nitrogens is 1. The molecule has 2 aromatic carbocycles. The van der Waals surface area contributed by atoms with Crippen molar-refractivity contribution in [3.8, 4) is 22.4 Å². The van der Waals surface area contributed by atoms with Gasteiger partial charge in [-0.15, -0.1) is 0 Å². The largest absolute Gasteiger partial charge is 0.477 e. The summed E-state index contributed by atoms with van der Waals surface area (Å²) < 4.78 is 0. The van der Waals surface area contributed by atoms with E-state index in [2.05, 4.69) is 4.98 Å². The number of pyridine rings is 1.